The van der Waals surface area contributed by atoms with Crippen molar-refractivity contribution >= 4 is 17.6 Å². The SMILES string of the molecule is C/C=C/C(=O)OCC(=O)Nc1ccccc1Oc1ccccc1. The van der Waals surface area contributed by atoms with Crippen LogP contribution in [0.3, 0.4) is 0 Å². The summed E-state index contributed by atoms with van der Waals surface area (Å²) in [4.78, 5) is 23.1. The molecule has 0 bridgehead atoms. The number of carbonyl (C=O) groups is 2. The van der Waals surface area contributed by atoms with E-state index in [0.29, 0.717) is 17.2 Å². The Labute approximate surface area is 134 Å². The Morgan fingerprint density at radius 1 is 1.04 bits per heavy atom. The number of para-hydroxylation sites is 3. The minimum atomic E-state index is -0.559. The number of ether oxygens (including phenoxy) is 2. The molecule has 2 aromatic carbocycles. The first kappa shape index (κ1) is 16.3. The van der Waals surface area contributed by atoms with E-state index in [1.165, 1.54) is 6.08 Å². The average molecular weight is 311 g/mol. The molecule has 118 valence electrons. The Kier molecular flexibility index (Phi) is 5.94. The third-order valence-electron chi connectivity index (χ3n) is 2.78. The first-order valence-electron chi connectivity index (χ1n) is 7.10. The van der Waals surface area contributed by atoms with Crippen molar-refractivity contribution in [3.8, 4) is 11.5 Å². The molecule has 0 saturated carbocycles. The number of anilines is 1. The summed E-state index contributed by atoms with van der Waals surface area (Å²) in [5, 5.41) is 2.66. The van der Waals surface area contributed by atoms with Gasteiger partial charge in [0.1, 0.15) is 5.75 Å². The topological polar surface area (TPSA) is 64.6 Å². The average Bonchev–Trinajstić information content (AvgIpc) is 2.56. The molecule has 0 aliphatic rings. The maximum Gasteiger partial charge on any atom is 0.330 e. The highest BCUT2D eigenvalue weighted by atomic mass is 16.5. The third-order valence-corrected chi connectivity index (χ3v) is 2.78. The molecule has 0 saturated heterocycles. The predicted octanol–water partition coefficient (Wildman–Crippen LogP) is 3.54. The van der Waals surface area contributed by atoms with Crippen LogP contribution in [0.25, 0.3) is 0 Å². The van der Waals surface area contributed by atoms with Crippen LogP contribution in [0.5, 0.6) is 11.5 Å². The molecule has 5 heteroatoms. The second-order valence-electron chi connectivity index (χ2n) is 4.57. The molecular formula is C18H17NO4. The van der Waals surface area contributed by atoms with E-state index >= 15 is 0 Å². The Morgan fingerprint density at radius 2 is 1.74 bits per heavy atom. The first-order valence-corrected chi connectivity index (χ1v) is 7.10. The highest BCUT2D eigenvalue weighted by Crippen LogP contribution is 2.28. The normalized spacial score (nSPS) is 10.3. The van der Waals surface area contributed by atoms with Crippen molar-refractivity contribution in [3.63, 3.8) is 0 Å². The monoisotopic (exact) mass is 311 g/mol. The quantitative estimate of drug-likeness (QED) is 0.654. The van der Waals surface area contributed by atoms with Gasteiger partial charge in [0.05, 0.1) is 5.69 Å². The van der Waals surface area contributed by atoms with Crippen LogP contribution in [-0.2, 0) is 14.3 Å². The van der Waals surface area contributed by atoms with Gasteiger partial charge in [-0.3, -0.25) is 4.79 Å². The van der Waals surface area contributed by atoms with Crippen LogP contribution in [0.4, 0.5) is 5.69 Å². The van der Waals surface area contributed by atoms with E-state index in [1.54, 1.807) is 37.3 Å². The number of nitrogens with one attached hydrogen (secondary N) is 1. The fraction of sp³-hybridized carbons (Fsp3) is 0.111. The first-order chi connectivity index (χ1) is 11.2. The van der Waals surface area contributed by atoms with Crippen molar-refractivity contribution in [3.05, 3.63) is 66.7 Å². The van der Waals surface area contributed by atoms with Gasteiger partial charge in [0, 0.05) is 6.08 Å². The summed E-state index contributed by atoms with van der Waals surface area (Å²) in [5.74, 6) is 0.170. The van der Waals surface area contributed by atoms with Crippen LogP contribution in [-0.4, -0.2) is 18.5 Å². The maximum atomic E-state index is 11.9. The van der Waals surface area contributed by atoms with Crippen molar-refractivity contribution in [2.75, 3.05) is 11.9 Å². The van der Waals surface area contributed by atoms with Gasteiger partial charge in [0.15, 0.2) is 12.4 Å². The van der Waals surface area contributed by atoms with E-state index in [9.17, 15) is 9.59 Å². The van der Waals surface area contributed by atoms with Gasteiger partial charge >= 0.3 is 5.97 Å². The van der Waals surface area contributed by atoms with Crippen LogP contribution in [0.15, 0.2) is 66.7 Å². The molecule has 23 heavy (non-hydrogen) atoms. The zero-order chi connectivity index (χ0) is 16.5. The van der Waals surface area contributed by atoms with E-state index in [4.69, 9.17) is 9.47 Å². The molecule has 0 aromatic heterocycles. The maximum absolute atomic E-state index is 11.9. The van der Waals surface area contributed by atoms with Gasteiger partial charge < -0.3 is 14.8 Å². The standard InChI is InChI=1S/C18H17NO4/c1-2-8-18(21)22-13-17(20)19-15-11-6-7-12-16(15)23-14-9-4-3-5-10-14/h2-12H,13H2,1H3,(H,19,20)/b8-2+. The van der Waals surface area contributed by atoms with Crippen molar-refractivity contribution in [1.29, 1.82) is 0 Å². The lowest BCUT2D eigenvalue weighted by molar-refractivity contribution is -0.142. The van der Waals surface area contributed by atoms with E-state index in [-0.39, 0.29) is 6.61 Å². The number of rotatable bonds is 6. The third kappa shape index (κ3) is 5.32. The number of carbonyl (C=O) groups excluding carboxylic acids is 2. The highest BCUT2D eigenvalue weighted by molar-refractivity contribution is 5.95. The molecule has 2 rings (SSSR count). The van der Waals surface area contributed by atoms with E-state index in [2.05, 4.69) is 5.32 Å². The number of esters is 1. The lowest BCUT2D eigenvalue weighted by Gasteiger charge is -2.12. The van der Waals surface area contributed by atoms with Gasteiger partial charge in [-0.1, -0.05) is 36.4 Å². The summed E-state index contributed by atoms with van der Waals surface area (Å²) in [6.07, 6.45) is 2.79. The largest absolute Gasteiger partial charge is 0.455 e. The van der Waals surface area contributed by atoms with Crippen molar-refractivity contribution in [2.24, 2.45) is 0 Å². The molecule has 2 aromatic rings. The Balaban J connectivity index is 2.00. The molecule has 0 radical (unpaired) electrons. The summed E-state index contributed by atoms with van der Waals surface area (Å²) in [7, 11) is 0. The summed E-state index contributed by atoms with van der Waals surface area (Å²) in [6.45, 7) is 1.33. The number of hydrogen-bond acceptors (Lipinski definition) is 4. The minimum Gasteiger partial charge on any atom is -0.455 e. The van der Waals surface area contributed by atoms with Crippen LogP contribution in [0.2, 0.25) is 0 Å². The molecule has 0 aliphatic carbocycles. The number of amides is 1. The summed E-state index contributed by atoms with van der Waals surface area (Å²) in [5.41, 5.74) is 0.503. The summed E-state index contributed by atoms with van der Waals surface area (Å²) in [6, 6.07) is 16.3. The van der Waals surface area contributed by atoms with E-state index < -0.39 is 11.9 Å². The fourth-order valence-corrected chi connectivity index (χ4v) is 1.78. The molecule has 0 atom stereocenters. The zero-order valence-corrected chi connectivity index (χ0v) is 12.7. The highest BCUT2D eigenvalue weighted by Gasteiger charge is 2.10. The van der Waals surface area contributed by atoms with Gasteiger partial charge in [-0.2, -0.15) is 0 Å². The smallest absolute Gasteiger partial charge is 0.330 e. The molecule has 0 aliphatic heterocycles. The molecular weight excluding hydrogens is 294 g/mol. The number of hydrogen-bond donors (Lipinski definition) is 1. The molecule has 1 amide bonds. The van der Waals surface area contributed by atoms with Gasteiger partial charge in [-0.25, -0.2) is 4.79 Å². The Bertz CT molecular complexity index is 695. The van der Waals surface area contributed by atoms with Crippen LogP contribution >= 0.6 is 0 Å². The lowest BCUT2D eigenvalue weighted by Crippen LogP contribution is -2.20. The number of allylic oxidation sites excluding steroid dienone is 1. The van der Waals surface area contributed by atoms with Crippen molar-refractivity contribution in [2.45, 2.75) is 6.92 Å². The molecule has 0 unspecified atom stereocenters. The Morgan fingerprint density at radius 3 is 2.48 bits per heavy atom. The minimum absolute atomic E-state index is 0.358. The van der Waals surface area contributed by atoms with E-state index in [1.807, 2.05) is 30.3 Å². The predicted molar refractivity (Wildman–Crippen MR) is 87.4 cm³/mol. The molecule has 0 spiro atoms. The second-order valence-corrected chi connectivity index (χ2v) is 4.57. The summed E-state index contributed by atoms with van der Waals surface area (Å²) >= 11 is 0. The van der Waals surface area contributed by atoms with Gasteiger partial charge in [-0.15, -0.1) is 0 Å². The van der Waals surface area contributed by atoms with Gasteiger partial charge in [0.2, 0.25) is 0 Å². The fourth-order valence-electron chi connectivity index (χ4n) is 1.78. The van der Waals surface area contributed by atoms with Gasteiger partial charge in [0.25, 0.3) is 5.91 Å². The zero-order valence-electron chi connectivity index (χ0n) is 12.7. The van der Waals surface area contributed by atoms with Gasteiger partial charge in [-0.05, 0) is 31.2 Å². The second kappa shape index (κ2) is 8.38. The molecule has 5 nitrogen and oxygen atoms in total. The number of benzene rings is 2. The summed E-state index contributed by atoms with van der Waals surface area (Å²) < 4.78 is 10.5. The van der Waals surface area contributed by atoms with Crippen LogP contribution < -0.4 is 10.1 Å². The van der Waals surface area contributed by atoms with Crippen LogP contribution in [0, 0.1) is 0 Å². The molecule has 0 fully saturated rings. The van der Waals surface area contributed by atoms with Crippen LogP contribution in [0.1, 0.15) is 6.92 Å². The van der Waals surface area contributed by atoms with Crippen molar-refractivity contribution in [1.82, 2.24) is 0 Å². The Hall–Kier alpha value is -3.08. The lowest BCUT2D eigenvalue weighted by atomic mass is 10.3. The van der Waals surface area contributed by atoms with E-state index in [0.717, 1.165) is 0 Å². The molecule has 0 heterocycles. The van der Waals surface area contributed by atoms with Crippen molar-refractivity contribution < 1.29 is 19.1 Å². The molecule has 1 N–H and O–H groups in total.